The molecular weight excluding hydrogens is 473 g/mol. The van der Waals surface area contributed by atoms with Crippen LogP contribution in [0.15, 0.2) is 36.9 Å². The van der Waals surface area contributed by atoms with Gasteiger partial charge in [0.2, 0.25) is 11.9 Å². The molecule has 0 bridgehead atoms. The standard InChI is InChI=1S/C22H20F5N7O/c1-11(22(25,26)27)32-20-30-9-15-14(8-28-18(15)33-20)13-2-3-34-17(4-13)16(10-31-34)19(35)29-7-12-5-21(23,24)6-12/h2-4,8-12H,5-7H2,1H3,(H,29,35)(H2,28,30,32,33)/t11-/m1/s1. The van der Waals surface area contributed by atoms with E-state index in [4.69, 9.17) is 0 Å². The smallest absolute Gasteiger partial charge is 0.352 e. The number of amides is 1. The lowest BCUT2D eigenvalue weighted by Crippen LogP contribution is -2.42. The Morgan fingerprint density at radius 1 is 1.31 bits per heavy atom. The Kier molecular flexibility index (Phi) is 5.37. The number of carbonyl (C=O) groups excluding carboxylic acids is 1. The average molecular weight is 493 g/mol. The van der Waals surface area contributed by atoms with Crippen LogP contribution < -0.4 is 10.6 Å². The Morgan fingerprint density at radius 2 is 2.09 bits per heavy atom. The first-order chi connectivity index (χ1) is 16.5. The summed E-state index contributed by atoms with van der Waals surface area (Å²) in [4.78, 5) is 23.7. The number of hydrogen-bond acceptors (Lipinski definition) is 5. The molecule has 13 heteroatoms. The molecule has 0 unspecified atom stereocenters. The molecule has 0 aromatic carbocycles. The number of anilines is 1. The van der Waals surface area contributed by atoms with Crippen LogP contribution in [0.4, 0.5) is 27.9 Å². The zero-order valence-electron chi connectivity index (χ0n) is 18.3. The first-order valence-corrected chi connectivity index (χ1v) is 10.8. The van der Waals surface area contributed by atoms with Crippen molar-refractivity contribution < 1.29 is 26.7 Å². The molecule has 0 aliphatic heterocycles. The van der Waals surface area contributed by atoms with E-state index >= 15 is 0 Å². The molecule has 0 spiro atoms. The molecule has 1 fully saturated rings. The monoisotopic (exact) mass is 493 g/mol. The van der Waals surface area contributed by atoms with Crippen molar-refractivity contribution in [1.82, 2.24) is 29.9 Å². The van der Waals surface area contributed by atoms with Crippen molar-refractivity contribution in [1.29, 1.82) is 0 Å². The topological polar surface area (TPSA) is 100 Å². The summed E-state index contributed by atoms with van der Waals surface area (Å²) in [5.41, 5.74) is 2.52. The quantitative estimate of drug-likeness (QED) is 0.346. The number of alkyl halides is 5. The van der Waals surface area contributed by atoms with Crippen LogP contribution in [-0.2, 0) is 0 Å². The lowest BCUT2D eigenvalue weighted by atomic mass is 9.81. The number of nitrogens with one attached hydrogen (secondary N) is 3. The van der Waals surface area contributed by atoms with Gasteiger partial charge < -0.3 is 15.6 Å². The van der Waals surface area contributed by atoms with Gasteiger partial charge in [0, 0.05) is 48.9 Å². The van der Waals surface area contributed by atoms with Gasteiger partial charge in [-0.25, -0.2) is 18.3 Å². The second-order valence-corrected chi connectivity index (χ2v) is 8.71. The van der Waals surface area contributed by atoms with E-state index in [0.717, 1.165) is 6.92 Å². The van der Waals surface area contributed by atoms with E-state index in [0.29, 0.717) is 33.2 Å². The van der Waals surface area contributed by atoms with Gasteiger partial charge >= 0.3 is 6.18 Å². The normalized spacial score (nSPS) is 16.9. The van der Waals surface area contributed by atoms with Gasteiger partial charge in [0.1, 0.15) is 11.7 Å². The van der Waals surface area contributed by atoms with Crippen molar-refractivity contribution in [3.8, 4) is 11.1 Å². The summed E-state index contributed by atoms with van der Waals surface area (Å²) in [7, 11) is 0. The molecule has 8 nitrogen and oxygen atoms in total. The Balaban J connectivity index is 1.38. The van der Waals surface area contributed by atoms with Crippen molar-refractivity contribution in [2.24, 2.45) is 5.92 Å². The molecule has 4 aromatic rings. The number of fused-ring (bicyclic) bond motifs is 2. The van der Waals surface area contributed by atoms with Crippen LogP contribution in [0.1, 0.15) is 30.1 Å². The van der Waals surface area contributed by atoms with E-state index in [2.05, 4.69) is 30.7 Å². The van der Waals surface area contributed by atoms with Crippen LogP contribution in [0.25, 0.3) is 27.7 Å². The molecule has 0 saturated heterocycles. The van der Waals surface area contributed by atoms with Crippen LogP contribution in [0.5, 0.6) is 0 Å². The van der Waals surface area contributed by atoms with Crippen molar-refractivity contribution >= 4 is 28.4 Å². The molecule has 1 aliphatic rings. The van der Waals surface area contributed by atoms with Gasteiger partial charge in [-0.2, -0.15) is 23.3 Å². The molecule has 35 heavy (non-hydrogen) atoms. The van der Waals surface area contributed by atoms with Crippen LogP contribution in [0.2, 0.25) is 0 Å². The van der Waals surface area contributed by atoms with Gasteiger partial charge in [-0.05, 0) is 30.5 Å². The molecule has 1 amide bonds. The number of nitrogens with zero attached hydrogens (tertiary/aromatic N) is 4. The fraction of sp³-hybridized carbons (Fsp3) is 0.364. The summed E-state index contributed by atoms with van der Waals surface area (Å²) in [5, 5.41) is 9.68. The van der Waals surface area contributed by atoms with Gasteiger partial charge in [0.05, 0.1) is 17.3 Å². The molecule has 184 valence electrons. The van der Waals surface area contributed by atoms with Gasteiger partial charge in [-0.1, -0.05) is 0 Å². The molecule has 5 rings (SSSR count). The van der Waals surface area contributed by atoms with Crippen molar-refractivity contribution in [3.05, 3.63) is 42.5 Å². The maximum absolute atomic E-state index is 13.0. The first kappa shape index (κ1) is 23.0. The summed E-state index contributed by atoms with van der Waals surface area (Å²) in [6.07, 6.45) is 1.23. The SMILES string of the molecule is C[C@@H](Nc1ncc2c(-c3ccn4ncc(C(=O)NCC5CC(F)(F)C5)c4c3)c[nH]c2n1)C(F)(F)F. The summed E-state index contributed by atoms with van der Waals surface area (Å²) in [6.45, 7) is 1.14. The first-order valence-electron chi connectivity index (χ1n) is 10.8. The summed E-state index contributed by atoms with van der Waals surface area (Å²) in [5.74, 6) is -3.48. The number of aromatic amines is 1. The predicted octanol–water partition coefficient (Wildman–Crippen LogP) is 4.41. The average Bonchev–Trinajstić information content (AvgIpc) is 3.38. The third kappa shape index (κ3) is 4.49. The van der Waals surface area contributed by atoms with E-state index < -0.39 is 24.0 Å². The highest BCUT2D eigenvalue weighted by Gasteiger charge is 2.45. The third-order valence-electron chi connectivity index (χ3n) is 6.07. The lowest BCUT2D eigenvalue weighted by molar-refractivity contribution is -0.138. The third-order valence-corrected chi connectivity index (χ3v) is 6.07. The highest BCUT2D eigenvalue weighted by molar-refractivity contribution is 6.02. The number of rotatable bonds is 6. The van der Waals surface area contributed by atoms with Gasteiger partial charge in [0.15, 0.2) is 0 Å². The Morgan fingerprint density at radius 3 is 2.80 bits per heavy atom. The molecule has 3 N–H and O–H groups in total. The van der Waals surface area contributed by atoms with Gasteiger partial charge in [0.25, 0.3) is 5.91 Å². The lowest BCUT2D eigenvalue weighted by Gasteiger charge is -2.34. The van der Waals surface area contributed by atoms with Crippen LogP contribution in [-0.4, -0.2) is 55.2 Å². The zero-order valence-corrected chi connectivity index (χ0v) is 18.3. The second-order valence-electron chi connectivity index (χ2n) is 8.71. The number of halogens is 5. The Labute approximate surface area is 194 Å². The van der Waals surface area contributed by atoms with Gasteiger partial charge in [-0.3, -0.25) is 4.79 Å². The molecule has 1 atom stereocenters. The largest absolute Gasteiger partial charge is 0.408 e. The minimum atomic E-state index is -4.44. The van der Waals surface area contributed by atoms with Crippen molar-refractivity contribution in [2.75, 3.05) is 11.9 Å². The second kappa shape index (κ2) is 8.17. The fourth-order valence-corrected chi connectivity index (χ4v) is 4.08. The number of carbonyl (C=O) groups is 1. The molecule has 0 radical (unpaired) electrons. The summed E-state index contributed by atoms with van der Waals surface area (Å²) < 4.78 is 66.0. The molecular formula is C22H20F5N7O. The maximum Gasteiger partial charge on any atom is 0.408 e. The van der Waals surface area contributed by atoms with Gasteiger partial charge in [-0.15, -0.1) is 0 Å². The van der Waals surface area contributed by atoms with E-state index in [9.17, 15) is 26.7 Å². The van der Waals surface area contributed by atoms with Crippen LogP contribution >= 0.6 is 0 Å². The number of H-pyrrole nitrogens is 1. The van der Waals surface area contributed by atoms with Crippen LogP contribution in [0.3, 0.4) is 0 Å². The Bertz CT molecular complexity index is 1400. The number of aromatic nitrogens is 5. The minimum absolute atomic E-state index is 0.161. The summed E-state index contributed by atoms with van der Waals surface area (Å²) in [6, 6.07) is 1.68. The number of hydrogen-bond donors (Lipinski definition) is 3. The van der Waals surface area contributed by atoms with Crippen molar-refractivity contribution in [3.63, 3.8) is 0 Å². The van der Waals surface area contributed by atoms with Crippen LogP contribution in [0, 0.1) is 5.92 Å². The fourth-order valence-electron chi connectivity index (χ4n) is 4.08. The minimum Gasteiger partial charge on any atom is -0.352 e. The van der Waals surface area contributed by atoms with E-state index in [-0.39, 0.29) is 31.3 Å². The van der Waals surface area contributed by atoms with E-state index in [1.54, 1.807) is 24.5 Å². The summed E-state index contributed by atoms with van der Waals surface area (Å²) >= 11 is 0. The molecule has 1 aliphatic carbocycles. The highest BCUT2D eigenvalue weighted by atomic mass is 19.4. The highest BCUT2D eigenvalue weighted by Crippen LogP contribution is 2.41. The van der Waals surface area contributed by atoms with E-state index in [1.165, 1.54) is 16.9 Å². The predicted molar refractivity (Wildman–Crippen MR) is 117 cm³/mol. The molecule has 4 heterocycles. The molecule has 4 aromatic heterocycles. The zero-order chi connectivity index (χ0) is 25.0. The van der Waals surface area contributed by atoms with Crippen molar-refractivity contribution in [2.45, 2.75) is 37.9 Å². The van der Waals surface area contributed by atoms with E-state index in [1.807, 2.05) is 0 Å². The number of pyridine rings is 1. The maximum atomic E-state index is 13.0. The Hall–Kier alpha value is -3.77. The molecule has 1 saturated carbocycles.